The van der Waals surface area contributed by atoms with E-state index in [9.17, 15) is 4.79 Å². The number of benzene rings is 1. The van der Waals surface area contributed by atoms with Crippen LogP contribution in [-0.2, 0) is 9.53 Å². The minimum absolute atomic E-state index is 0.123. The third-order valence-electron chi connectivity index (χ3n) is 2.21. The van der Waals surface area contributed by atoms with Crippen molar-refractivity contribution in [2.75, 3.05) is 19.0 Å². The highest BCUT2D eigenvalue weighted by Gasteiger charge is 2.12. The van der Waals surface area contributed by atoms with Crippen LogP contribution in [0.3, 0.4) is 0 Å². The van der Waals surface area contributed by atoms with Gasteiger partial charge in [-0.3, -0.25) is 4.79 Å². The number of methoxy groups -OCH3 is 1. The normalized spacial score (nSPS) is 12.2. The lowest BCUT2D eigenvalue weighted by Gasteiger charge is -2.13. The number of rotatable bonds is 5. The Balaban J connectivity index is 2.62. The molecular formula is C11H14ClIN2O2. The van der Waals surface area contributed by atoms with Gasteiger partial charge in [-0.15, -0.1) is 0 Å². The van der Waals surface area contributed by atoms with E-state index in [0.29, 0.717) is 11.6 Å². The largest absolute Gasteiger partial charge is 0.380 e. The first-order valence-corrected chi connectivity index (χ1v) is 6.50. The van der Waals surface area contributed by atoms with Crippen molar-refractivity contribution >= 4 is 45.8 Å². The van der Waals surface area contributed by atoms with Crippen LogP contribution in [0.15, 0.2) is 18.2 Å². The lowest BCUT2D eigenvalue weighted by atomic mass is 10.2. The van der Waals surface area contributed by atoms with Gasteiger partial charge in [0.2, 0.25) is 5.91 Å². The van der Waals surface area contributed by atoms with Crippen LogP contribution in [0.4, 0.5) is 5.69 Å². The molecule has 1 amide bonds. The molecule has 4 nitrogen and oxygen atoms in total. The molecule has 0 aliphatic carbocycles. The number of carbonyl (C=O) groups is 1. The Hall–Kier alpha value is -0.370. The molecule has 1 rings (SSSR count). The molecule has 94 valence electrons. The molecule has 1 aromatic carbocycles. The minimum Gasteiger partial charge on any atom is -0.380 e. The summed E-state index contributed by atoms with van der Waals surface area (Å²) in [5, 5.41) is 3.44. The molecule has 3 N–H and O–H groups in total. The van der Waals surface area contributed by atoms with E-state index in [2.05, 4.69) is 27.9 Å². The summed E-state index contributed by atoms with van der Waals surface area (Å²) in [6, 6.07) is 5.29. The second kappa shape index (κ2) is 7.15. The van der Waals surface area contributed by atoms with Crippen molar-refractivity contribution < 1.29 is 9.53 Å². The van der Waals surface area contributed by atoms with Crippen molar-refractivity contribution in [2.24, 2.45) is 5.73 Å². The third-order valence-corrected chi connectivity index (χ3v) is 3.34. The molecule has 0 radical (unpaired) electrons. The summed E-state index contributed by atoms with van der Waals surface area (Å²) in [5.41, 5.74) is 6.19. The van der Waals surface area contributed by atoms with Gasteiger partial charge in [-0.2, -0.15) is 0 Å². The van der Waals surface area contributed by atoms with Gasteiger partial charge in [0.1, 0.15) is 0 Å². The highest BCUT2D eigenvalue weighted by Crippen LogP contribution is 2.22. The van der Waals surface area contributed by atoms with E-state index < -0.39 is 0 Å². The van der Waals surface area contributed by atoms with Crippen molar-refractivity contribution in [1.82, 2.24) is 0 Å². The number of anilines is 1. The molecule has 0 aliphatic rings. The fraction of sp³-hybridized carbons (Fsp3) is 0.364. The monoisotopic (exact) mass is 368 g/mol. The minimum atomic E-state index is -0.250. The predicted molar refractivity (Wildman–Crippen MR) is 77.3 cm³/mol. The van der Waals surface area contributed by atoms with Crippen molar-refractivity contribution in [3.05, 3.63) is 26.8 Å². The number of amides is 1. The maximum Gasteiger partial charge on any atom is 0.227 e. The van der Waals surface area contributed by atoms with Gasteiger partial charge in [0.15, 0.2) is 0 Å². The SMILES string of the molecule is COC(CN)CC(=O)Nc1ccc(Cl)cc1I. The van der Waals surface area contributed by atoms with Crippen LogP contribution in [0.25, 0.3) is 0 Å². The first-order chi connectivity index (χ1) is 8.06. The molecule has 6 heteroatoms. The van der Waals surface area contributed by atoms with E-state index in [1.54, 1.807) is 18.2 Å². The van der Waals surface area contributed by atoms with Gasteiger partial charge in [0.25, 0.3) is 0 Å². The molecular weight excluding hydrogens is 354 g/mol. The summed E-state index contributed by atoms with van der Waals surface area (Å²) in [6.45, 7) is 0.321. The zero-order valence-corrected chi connectivity index (χ0v) is 12.3. The van der Waals surface area contributed by atoms with Gasteiger partial charge in [0.05, 0.1) is 18.2 Å². The molecule has 0 heterocycles. The average molecular weight is 369 g/mol. The van der Waals surface area contributed by atoms with Crippen LogP contribution < -0.4 is 11.1 Å². The van der Waals surface area contributed by atoms with Crippen molar-refractivity contribution in [3.63, 3.8) is 0 Å². The quantitative estimate of drug-likeness (QED) is 0.784. The number of halogens is 2. The van der Waals surface area contributed by atoms with E-state index in [1.165, 1.54) is 7.11 Å². The summed E-state index contributed by atoms with van der Waals surface area (Å²) in [7, 11) is 1.54. The first-order valence-electron chi connectivity index (χ1n) is 5.04. The lowest BCUT2D eigenvalue weighted by molar-refractivity contribution is -0.118. The van der Waals surface area contributed by atoms with E-state index in [0.717, 1.165) is 9.26 Å². The molecule has 1 unspecified atom stereocenters. The van der Waals surface area contributed by atoms with Crippen LogP contribution in [0.2, 0.25) is 5.02 Å². The van der Waals surface area contributed by atoms with E-state index in [1.807, 2.05) is 0 Å². The topological polar surface area (TPSA) is 64.3 Å². The molecule has 0 fully saturated rings. The summed E-state index contributed by atoms with van der Waals surface area (Å²) in [5.74, 6) is -0.123. The molecule has 0 saturated carbocycles. The Morgan fingerprint density at radius 3 is 2.88 bits per heavy atom. The summed E-state index contributed by atoms with van der Waals surface area (Å²) < 4.78 is 5.94. The Morgan fingerprint density at radius 1 is 1.65 bits per heavy atom. The maximum absolute atomic E-state index is 11.7. The fourth-order valence-electron chi connectivity index (χ4n) is 1.26. The Labute approximate surface area is 119 Å². The van der Waals surface area contributed by atoms with Crippen molar-refractivity contribution in [3.8, 4) is 0 Å². The van der Waals surface area contributed by atoms with Crippen molar-refractivity contribution in [2.45, 2.75) is 12.5 Å². The van der Waals surface area contributed by atoms with Gasteiger partial charge in [0, 0.05) is 22.2 Å². The highest BCUT2D eigenvalue weighted by atomic mass is 127. The molecule has 0 aromatic heterocycles. The molecule has 0 saturated heterocycles. The average Bonchev–Trinajstić information content (AvgIpc) is 2.29. The summed E-state index contributed by atoms with van der Waals surface area (Å²) in [4.78, 5) is 11.7. The number of nitrogens with two attached hydrogens (primary N) is 1. The lowest BCUT2D eigenvalue weighted by Crippen LogP contribution is -2.28. The second-order valence-corrected chi connectivity index (χ2v) is 5.07. The van der Waals surface area contributed by atoms with Gasteiger partial charge in [-0.05, 0) is 40.8 Å². The predicted octanol–water partition coefficient (Wildman–Crippen LogP) is 2.25. The van der Waals surface area contributed by atoms with Crippen LogP contribution in [0, 0.1) is 3.57 Å². The Kier molecular flexibility index (Phi) is 6.18. The first kappa shape index (κ1) is 14.7. The van der Waals surface area contributed by atoms with Gasteiger partial charge >= 0.3 is 0 Å². The molecule has 17 heavy (non-hydrogen) atoms. The number of carbonyl (C=O) groups excluding carboxylic acids is 1. The van der Waals surface area contributed by atoms with Crippen LogP contribution >= 0.6 is 34.2 Å². The van der Waals surface area contributed by atoms with Gasteiger partial charge in [-0.1, -0.05) is 11.6 Å². The molecule has 0 spiro atoms. The standard InChI is InChI=1S/C11H14ClIN2O2/c1-17-8(6-14)5-11(16)15-10-3-2-7(12)4-9(10)13/h2-4,8H,5-6,14H2,1H3,(H,15,16). The number of ether oxygens (including phenoxy) is 1. The zero-order chi connectivity index (χ0) is 12.8. The number of hydrogen-bond acceptors (Lipinski definition) is 3. The number of hydrogen-bond donors (Lipinski definition) is 2. The summed E-state index contributed by atoms with van der Waals surface area (Å²) >= 11 is 7.95. The third kappa shape index (κ3) is 4.79. The highest BCUT2D eigenvalue weighted by molar-refractivity contribution is 14.1. The zero-order valence-electron chi connectivity index (χ0n) is 9.37. The number of nitrogens with one attached hydrogen (secondary N) is 1. The van der Waals surface area contributed by atoms with E-state index >= 15 is 0 Å². The van der Waals surface area contributed by atoms with Crippen molar-refractivity contribution in [1.29, 1.82) is 0 Å². The second-order valence-electron chi connectivity index (χ2n) is 3.47. The Morgan fingerprint density at radius 2 is 2.35 bits per heavy atom. The smallest absolute Gasteiger partial charge is 0.227 e. The van der Waals surface area contributed by atoms with Gasteiger partial charge < -0.3 is 15.8 Å². The molecule has 0 aliphatic heterocycles. The van der Waals surface area contributed by atoms with Crippen LogP contribution in [0.5, 0.6) is 0 Å². The molecule has 1 atom stereocenters. The van der Waals surface area contributed by atoms with E-state index in [4.69, 9.17) is 22.1 Å². The van der Waals surface area contributed by atoms with Gasteiger partial charge in [-0.25, -0.2) is 0 Å². The van der Waals surface area contributed by atoms with Crippen LogP contribution in [-0.4, -0.2) is 25.7 Å². The summed E-state index contributed by atoms with van der Waals surface area (Å²) in [6.07, 6.45) is -0.00826. The maximum atomic E-state index is 11.7. The Bertz CT molecular complexity index is 397. The molecule has 0 bridgehead atoms. The molecule has 1 aromatic rings. The fourth-order valence-corrected chi connectivity index (χ4v) is 2.27. The van der Waals surface area contributed by atoms with Crippen LogP contribution in [0.1, 0.15) is 6.42 Å². The van der Waals surface area contributed by atoms with E-state index in [-0.39, 0.29) is 18.4 Å².